The molecule has 1 fully saturated rings. The molecular formula is C31H23BrClN3O6S2. The van der Waals surface area contributed by atoms with Crippen LogP contribution in [0.2, 0.25) is 5.02 Å². The number of carbonyl (C=O) groups is 4. The van der Waals surface area contributed by atoms with Crippen LogP contribution in [0.1, 0.15) is 33.6 Å². The summed E-state index contributed by atoms with van der Waals surface area (Å²) >= 11 is 11.7. The largest absolute Gasteiger partial charge is 0.462 e. The standard InChI is InChI=1S/C31H23BrClN3O6S2/c1-2-42-30(40)17-5-11-20(12-6-17)34-22(37)15-35-29-26(44-31(35)41)23(16-3-9-19(33)10-4-16)24-25(43-29)28(39)36(27(24)38)21-13-7-18(32)8-14-21/h3-14,23-25H,2,15H2,1H3,(H,34,37)/t23-,24-,25+/m0/s1. The van der Waals surface area contributed by atoms with Gasteiger partial charge in [0.25, 0.3) is 0 Å². The van der Waals surface area contributed by atoms with E-state index < -0.39 is 29.0 Å². The van der Waals surface area contributed by atoms with Crippen LogP contribution in [0.4, 0.5) is 11.4 Å². The van der Waals surface area contributed by atoms with Crippen molar-refractivity contribution >= 4 is 85.7 Å². The van der Waals surface area contributed by atoms with E-state index >= 15 is 0 Å². The summed E-state index contributed by atoms with van der Waals surface area (Å²) in [5.41, 5.74) is 1.99. The Morgan fingerprint density at radius 3 is 2.30 bits per heavy atom. The Balaban J connectivity index is 1.33. The van der Waals surface area contributed by atoms with Gasteiger partial charge in [-0.15, -0.1) is 0 Å². The zero-order valence-electron chi connectivity index (χ0n) is 23.0. The predicted molar refractivity (Wildman–Crippen MR) is 173 cm³/mol. The zero-order valence-corrected chi connectivity index (χ0v) is 27.0. The smallest absolute Gasteiger partial charge is 0.338 e. The Morgan fingerprint density at radius 2 is 1.64 bits per heavy atom. The topological polar surface area (TPSA) is 115 Å². The molecule has 1 N–H and O–H groups in total. The number of esters is 1. The lowest BCUT2D eigenvalue weighted by molar-refractivity contribution is -0.122. The molecular weight excluding hydrogens is 690 g/mol. The minimum Gasteiger partial charge on any atom is -0.462 e. The average Bonchev–Trinajstić information content (AvgIpc) is 3.45. The molecule has 6 rings (SSSR count). The molecule has 0 radical (unpaired) electrons. The van der Waals surface area contributed by atoms with Gasteiger partial charge in [-0.3, -0.25) is 23.7 Å². The third-order valence-corrected chi connectivity index (χ3v) is 10.7. The van der Waals surface area contributed by atoms with Crippen LogP contribution >= 0.6 is 50.6 Å². The molecule has 9 nitrogen and oxygen atoms in total. The van der Waals surface area contributed by atoms with E-state index in [4.69, 9.17) is 16.3 Å². The molecule has 0 unspecified atom stereocenters. The molecule has 4 aromatic rings. The lowest BCUT2D eigenvalue weighted by atomic mass is 9.83. The number of ether oxygens (including phenoxy) is 1. The maximum absolute atomic E-state index is 14.0. The van der Waals surface area contributed by atoms with Crippen LogP contribution in [0.3, 0.4) is 0 Å². The number of thiazole rings is 1. The van der Waals surface area contributed by atoms with E-state index in [9.17, 15) is 24.0 Å². The molecule has 13 heteroatoms. The maximum atomic E-state index is 14.0. The molecule has 3 atom stereocenters. The van der Waals surface area contributed by atoms with Crippen LogP contribution in [-0.4, -0.2) is 40.1 Å². The van der Waals surface area contributed by atoms with Gasteiger partial charge in [-0.1, -0.05) is 62.8 Å². The summed E-state index contributed by atoms with van der Waals surface area (Å²) in [5, 5.41) is 2.94. The number of anilines is 2. The van der Waals surface area contributed by atoms with Crippen LogP contribution in [0.15, 0.2) is 87.1 Å². The van der Waals surface area contributed by atoms with Crippen molar-refractivity contribution in [2.45, 2.75) is 29.7 Å². The van der Waals surface area contributed by atoms with Crippen molar-refractivity contribution in [1.82, 2.24) is 4.57 Å². The summed E-state index contributed by atoms with van der Waals surface area (Å²) in [6.07, 6.45) is 0. The van der Waals surface area contributed by atoms with Gasteiger partial charge in [-0.05, 0) is 73.2 Å². The van der Waals surface area contributed by atoms with E-state index in [2.05, 4.69) is 21.2 Å². The number of hydrogen-bond acceptors (Lipinski definition) is 8. The van der Waals surface area contributed by atoms with Gasteiger partial charge in [0.15, 0.2) is 0 Å². The van der Waals surface area contributed by atoms with Gasteiger partial charge in [0, 0.05) is 26.0 Å². The molecule has 1 saturated heterocycles. The number of imide groups is 1. The summed E-state index contributed by atoms with van der Waals surface area (Å²) in [5.74, 6) is -3.02. The van der Waals surface area contributed by atoms with Crippen molar-refractivity contribution in [3.05, 3.63) is 108 Å². The fourth-order valence-electron chi connectivity index (χ4n) is 5.38. The van der Waals surface area contributed by atoms with Gasteiger partial charge in [-0.2, -0.15) is 0 Å². The van der Waals surface area contributed by atoms with E-state index in [0.717, 1.165) is 33.1 Å². The molecule has 0 spiro atoms. The average molecular weight is 713 g/mol. The minimum atomic E-state index is -0.807. The summed E-state index contributed by atoms with van der Waals surface area (Å²) in [6.45, 7) is 1.66. The highest BCUT2D eigenvalue weighted by Gasteiger charge is 2.56. The van der Waals surface area contributed by atoms with Crippen LogP contribution in [-0.2, 0) is 25.7 Å². The number of hydrogen-bond donors (Lipinski definition) is 1. The second-order valence-corrected chi connectivity index (χ2v) is 13.5. The molecule has 2 aliphatic heterocycles. The van der Waals surface area contributed by atoms with Crippen LogP contribution in [0, 0.1) is 5.92 Å². The number of nitrogens with one attached hydrogen (secondary N) is 1. The van der Waals surface area contributed by atoms with Crippen LogP contribution < -0.4 is 15.1 Å². The molecule has 2 aliphatic rings. The molecule has 0 aliphatic carbocycles. The number of halogens is 2. The number of rotatable bonds is 7. The van der Waals surface area contributed by atoms with Crippen molar-refractivity contribution in [3.63, 3.8) is 0 Å². The van der Waals surface area contributed by atoms with Gasteiger partial charge in [0.1, 0.15) is 11.8 Å². The highest BCUT2D eigenvalue weighted by atomic mass is 79.9. The molecule has 3 aromatic carbocycles. The lowest BCUT2D eigenvalue weighted by Gasteiger charge is -2.30. The van der Waals surface area contributed by atoms with Crippen LogP contribution in [0.25, 0.3) is 0 Å². The Hall–Kier alpha value is -3.71. The number of thioether (sulfide) groups is 1. The van der Waals surface area contributed by atoms with E-state index in [1.165, 1.54) is 9.47 Å². The Kier molecular flexibility index (Phi) is 8.51. The molecule has 44 heavy (non-hydrogen) atoms. The number of aromatic nitrogens is 1. The zero-order chi connectivity index (χ0) is 31.1. The Morgan fingerprint density at radius 1 is 0.955 bits per heavy atom. The summed E-state index contributed by atoms with van der Waals surface area (Å²) in [4.78, 5) is 67.6. The lowest BCUT2D eigenvalue weighted by Crippen LogP contribution is -2.33. The van der Waals surface area contributed by atoms with Gasteiger partial charge in [-0.25, -0.2) is 9.69 Å². The van der Waals surface area contributed by atoms with E-state index in [1.807, 2.05) is 0 Å². The van der Waals surface area contributed by atoms with Crippen molar-refractivity contribution in [2.24, 2.45) is 5.92 Å². The second-order valence-electron chi connectivity index (χ2n) is 10.1. The fraction of sp³-hybridized carbons (Fsp3) is 0.194. The minimum absolute atomic E-state index is 0.248. The van der Waals surface area contributed by atoms with E-state index in [0.29, 0.717) is 31.9 Å². The number of carbonyl (C=O) groups excluding carboxylic acids is 4. The first-order chi connectivity index (χ1) is 21.2. The number of amides is 3. The second kappa shape index (κ2) is 12.4. The van der Waals surface area contributed by atoms with Gasteiger partial charge >= 0.3 is 10.8 Å². The molecule has 224 valence electrons. The summed E-state index contributed by atoms with van der Waals surface area (Å²) in [7, 11) is 0. The Bertz CT molecular complexity index is 1840. The molecule has 0 bridgehead atoms. The first-order valence-electron chi connectivity index (χ1n) is 13.5. The molecule has 1 aromatic heterocycles. The third-order valence-electron chi connectivity index (χ3n) is 7.34. The first-order valence-corrected chi connectivity index (χ1v) is 16.4. The van der Waals surface area contributed by atoms with Crippen molar-refractivity contribution in [2.75, 3.05) is 16.8 Å². The number of fused-ring (bicyclic) bond motifs is 2. The van der Waals surface area contributed by atoms with Crippen molar-refractivity contribution in [1.29, 1.82) is 0 Å². The van der Waals surface area contributed by atoms with E-state index in [1.54, 1.807) is 79.7 Å². The van der Waals surface area contributed by atoms with E-state index in [-0.39, 0.29) is 29.8 Å². The normalized spacial score (nSPS) is 19.0. The quantitative estimate of drug-likeness (QED) is 0.187. The van der Waals surface area contributed by atoms with Gasteiger partial charge in [0.2, 0.25) is 17.7 Å². The predicted octanol–water partition coefficient (Wildman–Crippen LogP) is 5.94. The van der Waals surface area contributed by atoms with Crippen LogP contribution in [0.5, 0.6) is 0 Å². The number of nitrogens with zero attached hydrogens (tertiary/aromatic N) is 2. The maximum Gasteiger partial charge on any atom is 0.338 e. The SMILES string of the molecule is CCOC(=O)c1ccc(NC(=O)Cn2c3c(sc2=O)[C@@H](c2ccc(Cl)cc2)[C@@H]2C(=O)N(c4ccc(Br)cc4)C(=O)[C@@H]2S3)cc1. The first kappa shape index (κ1) is 30.3. The highest BCUT2D eigenvalue weighted by molar-refractivity contribution is 9.10. The molecule has 3 heterocycles. The monoisotopic (exact) mass is 711 g/mol. The summed E-state index contributed by atoms with van der Waals surface area (Å²) < 4.78 is 7.15. The third kappa shape index (κ3) is 5.63. The molecule has 0 saturated carbocycles. The fourth-order valence-corrected chi connectivity index (χ4v) is 8.54. The van der Waals surface area contributed by atoms with Gasteiger partial charge < -0.3 is 10.1 Å². The Labute approximate surface area is 273 Å². The number of benzene rings is 3. The van der Waals surface area contributed by atoms with Crippen molar-refractivity contribution in [3.8, 4) is 0 Å². The summed E-state index contributed by atoms with van der Waals surface area (Å²) in [6, 6.07) is 20.2. The van der Waals surface area contributed by atoms with Crippen molar-refractivity contribution < 1.29 is 23.9 Å². The highest BCUT2D eigenvalue weighted by Crippen LogP contribution is 2.54. The van der Waals surface area contributed by atoms with Gasteiger partial charge in [0.05, 0.1) is 28.8 Å². The molecule has 3 amide bonds.